The van der Waals surface area contributed by atoms with Gasteiger partial charge in [0.25, 0.3) is 0 Å². The van der Waals surface area contributed by atoms with E-state index in [0.29, 0.717) is 12.3 Å². The molecule has 0 spiro atoms. The molecular formula is C16H16BrClFNO. The maximum Gasteiger partial charge on any atom is 0.142 e. The molecule has 112 valence electrons. The SMILES string of the molecule is CCCNCc1ccc(Br)cc1Oc1ccc(F)c(Cl)c1. The van der Waals surface area contributed by atoms with Crippen molar-refractivity contribution < 1.29 is 9.13 Å². The normalized spacial score (nSPS) is 10.7. The van der Waals surface area contributed by atoms with Gasteiger partial charge in [0.1, 0.15) is 17.3 Å². The van der Waals surface area contributed by atoms with Crippen LogP contribution >= 0.6 is 27.5 Å². The second-order valence-corrected chi connectivity index (χ2v) is 5.93. The number of hydrogen-bond acceptors (Lipinski definition) is 2. The lowest BCUT2D eigenvalue weighted by Crippen LogP contribution is -2.14. The summed E-state index contributed by atoms with van der Waals surface area (Å²) < 4.78 is 19.9. The van der Waals surface area contributed by atoms with Crippen LogP contribution in [0.15, 0.2) is 40.9 Å². The molecule has 0 amide bonds. The molecule has 0 saturated carbocycles. The molecule has 0 radical (unpaired) electrons. The molecule has 1 N–H and O–H groups in total. The Morgan fingerprint density at radius 1 is 1.24 bits per heavy atom. The summed E-state index contributed by atoms with van der Waals surface area (Å²) in [4.78, 5) is 0. The molecule has 0 aliphatic carbocycles. The lowest BCUT2D eigenvalue weighted by Gasteiger charge is -2.13. The third-order valence-corrected chi connectivity index (χ3v) is 3.67. The van der Waals surface area contributed by atoms with E-state index in [1.54, 1.807) is 6.07 Å². The molecular weight excluding hydrogens is 357 g/mol. The summed E-state index contributed by atoms with van der Waals surface area (Å²) in [7, 11) is 0. The molecule has 2 aromatic rings. The van der Waals surface area contributed by atoms with Crippen molar-refractivity contribution in [3.63, 3.8) is 0 Å². The van der Waals surface area contributed by atoms with E-state index in [-0.39, 0.29) is 5.02 Å². The molecule has 0 aliphatic heterocycles. The standard InChI is InChI=1S/C16H16BrClFNO/c1-2-7-20-10-11-3-4-12(17)8-16(11)21-13-5-6-15(19)14(18)9-13/h3-6,8-9,20H,2,7,10H2,1H3. The quantitative estimate of drug-likeness (QED) is 0.673. The van der Waals surface area contributed by atoms with E-state index in [1.807, 2.05) is 18.2 Å². The van der Waals surface area contributed by atoms with Gasteiger partial charge in [-0.1, -0.05) is 40.5 Å². The van der Waals surface area contributed by atoms with Gasteiger partial charge in [-0.05, 0) is 37.2 Å². The van der Waals surface area contributed by atoms with E-state index in [9.17, 15) is 4.39 Å². The van der Waals surface area contributed by atoms with Crippen LogP contribution < -0.4 is 10.1 Å². The Kier molecular flexibility index (Phi) is 6.03. The summed E-state index contributed by atoms with van der Waals surface area (Å²) in [6.45, 7) is 3.77. The minimum atomic E-state index is -0.455. The lowest BCUT2D eigenvalue weighted by atomic mass is 10.2. The van der Waals surface area contributed by atoms with Crippen molar-refractivity contribution in [3.05, 3.63) is 57.3 Å². The fourth-order valence-electron chi connectivity index (χ4n) is 1.84. The third-order valence-electron chi connectivity index (χ3n) is 2.89. The van der Waals surface area contributed by atoms with Gasteiger partial charge in [-0.25, -0.2) is 4.39 Å². The van der Waals surface area contributed by atoms with Crippen LogP contribution in [0.25, 0.3) is 0 Å². The summed E-state index contributed by atoms with van der Waals surface area (Å²) in [6, 6.07) is 10.2. The first kappa shape index (κ1) is 16.3. The molecule has 5 heteroatoms. The minimum Gasteiger partial charge on any atom is -0.457 e. The van der Waals surface area contributed by atoms with Gasteiger partial charge in [0.2, 0.25) is 0 Å². The molecule has 0 saturated heterocycles. The van der Waals surface area contributed by atoms with Crippen LogP contribution in [0.3, 0.4) is 0 Å². The van der Waals surface area contributed by atoms with Gasteiger partial charge in [0.15, 0.2) is 0 Å². The second-order valence-electron chi connectivity index (χ2n) is 4.61. The van der Waals surface area contributed by atoms with Crippen LogP contribution in [-0.2, 0) is 6.54 Å². The molecule has 2 aromatic carbocycles. The Labute approximate surface area is 137 Å². The van der Waals surface area contributed by atoms with Crippen molar-refractivity contribution in [2.75, 3.05) is 6.54 Å². The first-order valence-corrected chi connectivity index (χ1v) is 7.89. The maximum absolute atomic E-state index is 13.2. The minimum absolute atomic E-state index is 0.0492. The molecule has 21 heavy (non-hydrogen) atoms. The molecule has 0 aliphatic rings. The lowest BCUT2D eigenvalue weighted by molar-refractivity contribution is 0.470. The zero-order valence-electron chi connectivity index (χ0n) is 11.6. The Bertz CT molecular complexity index is 621. The largest absolute Gasteiger partial charge is 0.457 e. The van der Waals surface area contributed by atoms with Gasteiger partial charge in [0.05, 0.1) is 5.02 Å². The van der Waals surface area contributed by atoms with Crippen molar-refractivity contribution in [1.82, 2.24) is 5.32 Å². The summed E-state index contributed by atoms with van der Waals surface area (Å²) in [5.41, 5.74) is 1.03. The second kappa shape index (κ2) is 7.78. The average Bonchev–Trinajstić information content (AvgIpc) is 2.45. The van der Waals surface area contributed by atoms with Crippen LogP contribution in [0.1, 0.15) is 18.9 Å². The van der Waals surface area contributed by atoms with Crippen molar-refractivity contribution in [3.8, 4) is 11.5 Å². The van der Waals surface area contributed by atoms with E-state index in [0.717, 1.165) is 28.8 Å². The zero-order chi connectivity index (χ0) is 15.2. The predicted octanol–water partition coefficient (Wildman–Crippen LogP) is 5.53. The molecule has 2 nitrogen and oxygen atoms in total. The van der Waals surface area contributed by atoms with E-state index >= 15 is 0 Å². The summed E-state index contributed by atoms with van der Waals surface area (Å²) in [6.07, 6.45) is 1.07. The molecule has 0 aromatic heterocycles. The van der Waals surface area contributed by atoms with Gasteiger partial charge >= 0.3 is 0 Å². The third kappa shape index (κ3) is 4.70. The van der Waals surface area contributed by atoms with Gasteiger partial charge < -0.3 is 10.1 Å². The van der Waals surface area contributed by atoms with Crippen molar-refractivity contribution in [2.24, 2.45) is 0 Å². The highest BCUT2D eigenvalue weighted by molar-refractivity contribution is 9.10. The van der Waals surface area contributed by atoms with Crippen molar-refractivity contribution >= 4 is 27.5 Å². The topological polar surface area (TPSA) is 21.3 Å². The molecule has 0 heterocycles. The summed E-state index contributed by atoms with van der Waals surface area (Å²) in [5, 5.41) is 3.39. The monoisotopic (exact) mass is 371 g/mol. The summed E-state index contributed by atoms with van der Waals surface area (Å²) in [5.74, 6) is 0.773. The van der Waals surface area contributed by atoms with Crippen LogP contribution in [0.5, 0.6) is 11.5 Å². The fourth-order valence-corrected chi connectivity index (χ4v) is 2.35. The Hall–Kier alpha value is -1.10. The van der Waals surface area contributed by atoms with Gasteiger partial charge in [-0.2, -0.15) is 0 Å². The highest BCUT2D eigenvalue weighted by atomic mass is 79.9. The van der Waals surface area contributed by atoms with Crippen LogP contribution in [0, 0.1) is 5.82 Å². The number of benzene rings is 2. The average molecular weight is 373 g/mol. The molecule has 0 fully saturated rings. The maximum atomic E-state index is 13.2. The first-order chi connectivity index (χ1) is 10.1. The van der Waals surface area contributed by atoms with Gasteiger partial charge in [0, 0.05) is 22.6 Å². The van der Waals surface area contributed by atoms with Crippen molar-refractivity contribution in [2.45, 2.75) is 19.9 Å². The van der Waals surface area contributed by atoms with Crippen LogP contribution in [-0.4, -0.2) is 6.54 Å². The zero-order valence-corrected chi connectivity index (χ0v) is 14.0. The smallest absolute Gasteiger partial charge is 0.142 e. The first-order valence-electron chi connectivity index (χ1n) is 6.72. The number of ether oxygens (including phenoxy) is 1. The van der Waals surface area contributed by atoms with Gasteiger partial charge in [-0.15, -0.1) is 0 Å². The van der Waals surface area contributed by atoms with E-state index in [2.05, 4.69) is 28.2 Å². The molecule has 0 unspecified atom stereocenters. The van der Waals surface area contributed by atoms with Crippen molar-refractivity contribution in [1.29, 1.82) is 0 Å². The number of nitrogens with one attached hydrogen (secondary N) is 1. The molecule has 2 rings (SSSR count). The molecule has 0 bridgehead atoms. The highest BCUT2D eigenvalue weighted by Gasteiger charge is 2.08. The Morgan fingerprint density at radius 3 is 2.76 bits per heavy atom. The summed E-state index contributed by atoms with van der Waals surface area (Å²) >= 11 is 9.21. The van der Waals surface area contributed by atoms with E-state index in [4.69, 9.17) is 16.3 Å². The Balaban J connectivity index is 2.20. The molecule has 0 atom stereocenters. The Morgan fingerprint density at radius 2 is 2.05 bits per heavy atom. The number of hydrogen-bond donors (Lipinski definition) is 1. The fraction of sp³-hybridized carbons (Fsp3) is 0.250. The van der Waals surface area contributed by atoms with E-state index in [1.165, 1.54) is 12.1 Å². The highest BCUT2D eigenvalue weighted by Crippen LogP contribution is 2.30. The van der Waals surface area contributed by atoms with Crippen LogP contribution in [0.2, 0.25) is 5.02 Å². The number of halogens is 3. The van der Waals surface area contributed by atoms with E-state index < -0.39 is 5.82 Å². The number of rotatable bonds is 6. The predicted molar refractivity (Wildman–Crippen MR) is 87.6 cm³/mol. The van der Waals surface area contributed by atoms with Gasteiger partial charge in [-0.3, -0.25) is 0 Å². The van der Waals surface area contributed by atoms with Crippen LogP contribution in [0.4, 0.5) is 4.39 Å².